The van der Waals surface area contributed by atoms with Crippen LogP contribution in [0.15, 0.2) is 24.3 Å². The normalized spacial score (nSPS) is 21.2. The van der Waals surface area contributed by atoms with E-state index in [1.807, 2.05) is 24.3 Å². The van der Waals surface area contributed by atoms with E-state index in [4.69, 9.17) is 16.3 Å². The third kappa shape index (κ3) is 3.78. The van der Waals surface area contributed by atoms with Crippen LogP contribution in [0.1, 0.15) is 33.3 Å². The van der Waals surface area contributed by atoms with E-state index in [2.05, 4.69) is 33.0 Å². The Morgan fingerprint density at radius 2 is 1.76 bits per heavy atom. The molecule has 1 unspecified atom stereocenters. The first kappa shape index (κ1) is 16.8. The summed E-state index contributed by atoms with van der Waals surface area (Å²) in [6, 6.07) is 8.01. The summed E-state index contributed by atoms with van der Waals surface area (Å²) in [7, 11) is 0. The zero-order chi connectivity index (χ0) is 15.7. The minimum absolute atomic E-state index is 0.289. The average molecular weight is 312 g/mol. The molecule has 1 aromatic carbocycles. The van der Waals surface area contributed by atoms with Crippen molar-refractivity contribution in [2.45, 2.75) is 46.4 Å². The van der Waals surface area contributed by atoms with Gasteiger partial charge in [-0.3, -0.25) is 0 Å². The largest absolute Gasteiger partial charge is 0.389 e. The van der Waals surface area contributed by atoms with Crippen molar-refractivity contribution in [2.75, 3.05) is 13.2 Å². The smallest absolute Gasteiger partial charge is 0.0897 e. The molecule has 0 aromatic heterocycles. The van der Waals surface area contributed by atoms with Crippen LogP contribution in [0.4, 0.5) is 0 Å². The fraction of sp³-hybridized carbons (Fsp3) is 0.647. The molecule has 0 aliphatic heterocycles. The maximum Gasteiger partial charge on any atom is 0.0897 e. The van der Waals surface area contributed by atoms with Gasteiger partial charge in [0.05, 0.1) is 19.3 Å². The Morgan fingerprint density at radius 1 is 1.19 bits per heavy atom. The van der Waals surface area contributed by atoms with E-state index in [0.29, 0.717) is 25.8 Å². The lowest BCUT2D eigenvalue weighted by Crippen LogP contribution is -2.34. The minimum atomic E-state index is -0.482. The van der Waals surface area contributed by atoms with E-state index in [1.165, 1.54) is 0 Å². The van der Waals surface area contributed by atoms with Crippen molar-refractivity contribution < 1.29 is 9.84 Å². The Labute approximate surface area is 132 Å². The highest BCUT2D eigenvalue weighted by molar-refractivity contribution is 6.30. The predicted octanol–water partition coefficient (Wildman–Crippen LogP) is 3.24. The molecule has 0 heterocycles. The zero-order valence-corrected chi connectivity index (χ0v) is 14.1. The molecular formula is C17H26ClNO2. The lowest BCUT2D eigenvalue weighted by atomic mass is 10.0. The van der Waals surface area contributed by atoms with Crippen LogP contribution < -0.4 is 5.32 Å². The minimum Gasteiger partial charge on any atom is -0.389 e. The first-order valence-electron chi connectivity index (χ1n) is 7.49. The number of benzene rings is 1. The molecule has 118 valence electrons. The Balaban J connectivity index is 1.64. The Hall–Kier alpha value is -0.610. The van der Waals surface area contributed by atoms with Gasteiger partial charge >= 0.3 is 0 Å². The van der Waals surface area contributed by atoms with E-state index >= 15 is 0 Å². The van der Waals surface area contributed by atoms with Gasteiger partial charge in [0.2, 0.25) is 0 Å². The second kappa shape index (κ2) is 6.25. The summed E-state index contributed by atoms with van der Waals surface area (Å²) in [5, 5.41) is 14.1. The van der Waals surface area contributed by atoms with Gasteiger partial charge in [-0.05, 0) is 28.5 Å². The summed E-state index contributed by atoms with van der Waals surface area (Å²) in [6.45, 7) is 10.4. The van der Waals surface area contributed by atoms with E-state index in [9.17, 15) is 5.11 Å². The maximum absolute atomic E-state index is 9.98. The molecule has 3 nitrogen and oxygen atoms in total. The number of hydrogen-bond donors (Lipinski definition) is 2. The molecule has 0 bridgehead atoms. The third-order valence-corrected chi connectivity index (χ3v) is 5.32. The maximum atomic E-state index is 9.98. The van der Waals surface area contributed by atoms with E-state index in [1.54, 1.807) is 0 Å². The van der Waals surface area contributed by atoms with Gasteiger partial charge in [0.15, 0.2) is 0 Å². The first-order chi connectivity index (χ1) is 9.75. The number of aliphatic hydroxyl groups excluding tert-OH is 1. The van der Waals surface area contributed by atoms with Crippen molar-refractivity contribution in [1.82, 2.24) is 5.32 Å². The number of rotatable bonds is 7. The summed E-state index contributed by atoms with van der Waals surface area (Å²) in [6.07, 6.45) is -0.482. The van der Waals surface area contributed by atoms with Gasteiger partial charge in [0, 0.05) is 17.6 Å². The molecule has 4 heteroatoms. The van der Waals surface area contributed by atoms with Crippen molar-refractivity contribution in [2.24, 2.45) is 10.8 Å². The highest BCUT2D eigenvalue weighted by Crippen LogP contribution is 2.62. The van der Waals surface area contributed by atoms with Gasteiger partial charge in [0.1, 0.15) is 0 Å². The number of hydrogen-bond acceptors (Lipinski definition) is 3. The molecule has 2 rings (SSSR count). The molecule has 1 fully saturated rings. The second-order valence-electron chi connectivity index (χ2n) is 7.08. The SMILES string of the molecule is CC1(C)C(NCC(O)COCc2ccc(Cl)cc2)C1(C)C. The third-order valence-electron chi connectivity index (χ3n) is 5.07. The number of halogens is 1. The molecule has 1 aromatic rings. The highest BCUT2D eigenvalue weighted by atomic mass is 35.5. The van der Waals surface area contributed by atoms with Gasteiger partial charge in [-0.1, -0.05) is 51.4 Å². The number of aliphatic hydroxyl groups is 1. The van der Waals surface area contributed by atoms with Crippen molar-refractivity contribution in [3.63, 3.8) is 0 Å². The average Bonchev–Trinajstić information content (AvgIpc) is 2.79. The molecule has 0 spiro atoms. The lowest BCUT2D eigenvalue weighted by molar-refractivity contribution is 0.0282. The summed E-state index contributed by atoms with van der Waals surface area (Å²) >= 11 is 5.83. The Kier molecular flexibility index (Phi) is 4.99. The zero-order valence-electron chi connectivity index (χ0n) is 13.3. The van der Waals surface area contributed by atoms with Gasteiger partial charge in [-0.15, -0.1) is 0 Å². The van der Waals surface area contributed by atoms with Crippen LogP contribution in [-0.2, 0) is 11.3 Å². The number of ether oxygens (including phenoxy) is 1. The van der Waals surface area contributed by atoms with Crippen LogP contribution in [0.25, 0.3) is 0 Å². The van der Waals surface area contributed by atoms with Crippen LogP contribution in [0, 0.1) is 10.8 Å². The van der Waals surface area contributed by atoms with Crippen LogP contribution in [0.3, 0.4) is 0 Å². The van der Waals surface area contributed by atoms with Crippen LogP contribution in [0.2, 0.25) is 5.02 Å². The lowest BCUT2D eigenvalue weighted by Gasteiger charge is -2.13. The van der Waals surface area contributed by atoms with Crippen LogP contribution in [-0.4, -0.2) is 30.4 Å². The van der Waals surface area contributed by atoms with Gasteiger partial charge in [-0.2, -0.15) is 0 Å². The van der Waals surface area contributed by atoms with Crippen molar-refractivity contribution in [1.29, 1.82) is 0 Å². The van der Waals surface area contributed by atoms with Crippen molar-refractivity contribution in [3.8, 4) is 0 Å². The standard InChI is InChI=1S/C17H26ClNO2/c1-16(2)15(17(16,3)4)19-9-14(20)11-21-10-12-5-7-13(18)8-6-12/h5-8,14-15,19-20H,9-11H2,1-4H3. The Bertz CT molecular complexity index is 456. The van der Waals surface area contributed by atoms with Crippen molar-refractivity contribution >= 4 is 11.6 Å². The summed E-state index contributed by atoms with van der Waals surface area (Å²) < 4.78 is 5.54. The van der Waals surface area contributed by atoms with Gasteiger partial charge in [0.25, 0.3) is 0 Å². The monoisotopic (exact) mass is 311 g/mol. The fourth-order valence-corrected chi connectivity index (χ4v) is 3.04. The van der Waals surface area contributed by atoms with Crippen LogP contribution in [0.5, 0.6) is 0 Å². The van der Waals surface area contributed by atoms with E-state index in [-0.39, 0.29) is 10.8 Å². The van der Waals surface area contributed by atoms with Crippen molar-refractivity contribution in [3.05, 3.63) is 34.9 Å². The summed E-state index contributed by atoms with van der Waals surface area (Å²) in [4.78, 5) is 0. The fourth-order valence-electron chi connectivity index (χ4n) is 2.91. The molecule has 2 N–H and O–H groups in total. The molecule has 0 radical (unpaired) electrons. The molecule has 1 atom stereocenters. The first-order valence-corrected chi connectivity index (χ1v) is 7.86. The van der Waals surface area contributed by atoms with E-state index in [0.717, 1.165) is 10.6 Å². The molecule has 1 aliphatic rings. The summed E-state index contributed by atoms with van der Waals surface area (Å²) in [5.74, 6) is 0. The van der Waals surface area contributed by atoms with Gasteiger partial charge in [-0.25, -0.2) is 0 Å². The molecule has 1 saturated carbocycles. The number of nitrogens with one attached hydrogen (secondary N) is 1. The highest BCUT2D eigenvalue weighted by Gasteiger charge is 2.64. The molecule has 21 heavy (non-hydrogen) atoms. The molecular weight excluding hydrogens is 286 g/mol. The Morgan fingerprint density at radius 3 is 2.29 bits per heavy atom. The van der Waals surface area contributed by atoms with E-state index < -0.39 is 6.10 Å². The topological polar surface area (TPSA) is 41.5 Å². The quantitative estimate of drug-likeness (QED) is 0.812. The summed E-state index contributed by atoms with van der Waals surface area (Å²) in [5.41, 5.74) is 1.64. The van der Waals surface area contributed by atoms with Crippen LogP contribution >= 0.6 is 11.6 Å². The molecule has 0 amide bonds. The van der Waals surface area contributed by atoms with Gasteiger partial charge < -0.3 is 15.2 Å². The molecule has 0 saturated heterocycles. The molecule has 1 aliphatic carbocycles. The second-order valence-corrected chi connectivity index (χ2v) is 7.52. The predicted molar refractivity (Wildman–Crippen MR) is 86.5 cm³/mol.